The Morgan fingerprint density at radius 2 is 1.47 bits per heavy atom. The fraction of sp³-hybridized carbons (Fsp3) is 0.480. The zero-order chi connectivity index (χ0) is 25.3. The van der Waals surface area contributed by atoms with E-state index >= 15 is 0 Å². The van der Waals surface area contributed by atoms with Gasteiger partial charge in [-0.2, -0.15) is 13.2 Å². The average molecular weight is 543 g/mol. The summed E-state index contributed by atoms with van der Waals surface area (Å²) in [5.74, 6) is -0.416. The standard InChI is InChI=1S/C25H30BrF3N2O3/c1-16-11-19(12-17(2)22(16)34-24(3,4)23(32)33)15-31-9-7-30(8-10-31)14-18-5-6-20(21(26)13-18)25(27,28)29/h5-6,11-13H,7-10,14-15H2,1-4H3,(H,32,33). The Hall–Kier alpha value is -2.10. The minimum Gasteiger partial charge on any atom is -0.478 e. The van der Waals surface area contributed by atoms with E-state index in [1.54, 1.807) is 12.1 Å². The van der Waals surface area contributed by atoms with E-state index in [2.05, 4.69) is 25.7 Å². The van der Waals surface area contributed by atoms with Crippen molar-refractivity contribution in [2.45, 2.75) is 52.6 Å². The van der Waals surface area contributed by atoms with Crippen molar-refractivity contribution in [3.8, 4) is 5.75 Å². The molecule has 0 spiro atoms. The van der Waals surface area contributed by atoms with Crippen molar-refractivity contribution in [3.63, 3.8) is 0 Å². The van der Waals surface area contributed by atoms with E-state index in [9.17, 15) is 23.1 Å². The molecule has 1 aliphatic heterocycles. The molecule has 0 saturated carbocycles. The fourth-order valence-corrected chi connectivity index (χ4v) is 4.75. The van der Waals surface area contributed by atoms with Gasteiger partial charge < -0.3 is 9.84 Å². The first-order valence-electron chi connectivity index (χ1n) is 11.1. The monoisotopic (exact) mass is 542 g/mol. The largest absolute Gasteiger partial charge is 0.478 e. The highest BCUT2D eigenvalue weighted by Crippen LogP contribution is 2.35. The second-order valence-electron chi connectivity index (χ2n) is 9.34. The number of aliphatic carboxylic acids is 1. The van der Waals surface area contributed by atoms with Crippen LogP contribution >= 0.6 is 15.9 Å². The van der Waals surface area contributed by atoms with Crippen LogP contribution < -0.4 is 4.74 Å². The van der Waals surface area contributed by atoms with Gasteiger partial charge in [0.25, 0.3) is 0 Å². The third-order valence-electron chi connectivity index (χ3n) is 6.01. The van der Waals surface area contributed by atoms with E-state index < -0.39 is 23.3 Å². The summed E-state index contributed by atoms with van der Waals surface area (Å²) in [5, 5.41) is 9.34. The molecule has 0 unspecified atom stereocenters. The van der Waals surface area contributed by atoms with Crippen molar-refractivity contribution in [2.24, 2.45) is 0 Å². The molecule has 1 saturated heterocycles. The average Bonchev–Trinajstić information content (AvgIpc) is 2.71. The van der Waals surface area contributed by atoms with Gasteiger partial charge in [-0.1, -0.05) is 34.1 Å². The number of ether oxygens (including phenoxy) is 1. The minimum atomic E-state index is -4.36. The summed E-state index contributed by atoms with van der Waals surface area (Å²) < 4.78 is 44.7. The van der Waals surface area contributed by atoms with Crippen molar-refractivity contribution < 1.29 is 27.8 Å². The maximum absolute atomic E-state index is 13.0. The Balaban J connectivity index is 1.57. The Labute approximate surface area is 206 Å². The van der Waals surface area contributed by atoms with Crippen LogP contribution in [-0.2, 0) is 24.1 Å². The predicted octanol–water partition coefficient (Wildman–Crippen LogP) is 5.64. The number of benzene rings is 2. The molecule has 0 aromatic heterocycles. The number of hydrogen-bond acceptors (Lipinski definition) is 4. The van der Waals surface area contributed by atoms with Gasteiger partial charge in [-0.25, -0.2) is 4.79 Å². The zero-order valence-electron chi connectivity index (χ0n) is 19.8. The molecule has 2 aromatic carbocycles. The number of carboxylic acids is 1. The third-order valence-corrected chi connectivity index (χ3v) is 6.66. The van der Waals surface area contributed by atoms with E-state index in [0.717, 1.165) is 61.0 Å². The minimum absolute atomic E-state index is 0.0704. The maximum atomic E-state index is 13.0. The van der Waals surface area contributed by atoms with Crippen molar-refractivity contribution in [1.82, 2.24) is 9.80 Å². The molecular weight excluding hydrogens is 513 g/mol. The smallest absolute Gasteiger partial charge is 0.417 e. The van der Waals surface area contributed by atoms with Crippen molar-refractivity contribution >= 4 is 21.9 Å². The van der Waals surface area contributed by atoms with Crippen LogP contribution in [0.1, 0.15) is 41.7 Å². The van der Waals surface area contributed by atoms with Crippen LogP contribution in [0, 0.1) is 13.8 Å². The molecule has 186 valence electrons. The van der Waals surface area contributed by atoms with Crippen molar-refractivity contribution in [3.05, 3.63) is 62.6 Å². The molecule has 0 radical (unpaired) electrons. The van der Waals surface area contributed by atoms with E-state index in [4.69, 9.17) is 4.74 Å². The molecule has 2 aromatic rings. The van der Waals surface area contributed by atoms with Gasteiger partial charge in [0.15, 0.2) is 5.60 Å². The first-order valence-corrected chi connectivity index (χ1v) is 11.9. The molecule has 0 aliphatic carbocycles. The number of halogens is 4. The second-order valence-corrected chi connectivity index (χ2v) is 10.2. The van der Waals surface area contributed by atoms with E-state index in [1.165, 1.54) is 13.8 Å². The summed E-state index contributed by atoms with van der Waals surface area (Å²) in [6.45, 7) is 11.6. The van der Waals surface area contributed by atoms with Gasteiger partial charge in [0, 0.05) is 43.7 Å². The number of nitrogens with zero attached hydrogens (tertiary/aromatic N) is 2. The summed E-state index contributed by atoms with van der Waals surface area (Å²) >= 11 is 3.05. The first kappa shape index (κ1) is 26.5. The molecule has 0 atom stereocenters. The van der Waals surface area contributed by atoms with Gasteiger partial charge in [0.1, 0.15) is 5.75 Å². The normalized spacial score (nSPS) is 16.0. The number of rotatable bonds is 7. The summed E-state index contributed by atoms with van der Waals surface area (Å²) in [5.41, 5.74) is 1.81. The van der Waals surface area contributed by atoms with E-state index in [-0.39, 0.29) is 4.47 Å². The van der Waals surface area contributed by atoms with E-state index in [1.807, 2.05) is 26.0 Å². The topological polar surface area (TPSA) is 53.0 Å². The van der Waals surface area contributed by atoms with Crippen LogP contribution in [-0.4, -0.2) is 52.7 Å². The lowest BCUT2D eigenvalue weighted by Gasteiger charge is -2.35. The van der Waals surface area contributed by atoms with Gasteiger partial charge in [0.05, 0.1) is 5.56 Å². The molecule has 1 aliphatic rings. The molecule has 34 heavy (non-hydrogen) atoms. The molecule has 1 fully saturated rings. The van der Waals surface area contributed by atoms with Crippen molar-refractivity contribution in [1.29, 1.82) is 0 Å². The van der Waals surface area contributed by atoms with Gasteiger partial charge in [0.2, 0.25) is 0 Å². The predicted molar refractivity (Wildman–Crippen MR) is 128 cm³/mol. The second kappa shape index (κ2) is 10.3. The van der Waals surface area contributed by atoms with E-state index in [0.29, 0.717) is 12.3 Å². The van der Waals surface area contributed by atoms with Crippen LogP contribution in [0.2, 0.25) is 0 Å². The maximum Gasteiger partial charge on any atom is 0.417 e. The lowest BCUT2D eigenvalue weighted by Crippen LogP contribution is -2.45. The first-order chi connectivity index (χ1) is 15.8. The summed E-state index contributed by atoms with van der Waals surface area (Å²) in [7, 11) is 0. The number of carboxylic acid groups (broad SMARTS) is 1. The molecule has 0 bridgehead atoms. The Morgan fingerprint density at radius 3 is 1.91 bits per heavy atom. The number of piperazine rings is 1. The third kappa shape index (κ3) is 6.52. The molecule has 3 rings (SSSR count). The van der Waals surface area contributed by atoms with Gasteiger partial charge in [-0.05, 0) is 62.1 Å². The van der Waals surface area contributed by atoms with Crippen LogP contribution in [0.25, 0.3) is 0 Å². The van der Waals surface area contributed by atoms with Crippen LogP contribution in [0.3, 0.4) is 0 Å². The number of carbonyl (C=O) groups is 1. The van der Waals surface area contributed by atoms with Crippen LogP contribution in [0.15, 0.2) is 34.8 Å². The summed E-state index contributed by atoms with van der Waals surface area (Å²) in [6, 6.07) is 8.29. The molecule has 9 heteroatoms. The molecular formula is C25H30BrF3N2O3. The van der Waals surface area contributed by atoms with Crippen LogP contribution in [0.5, 0.6) is 5.75 Å². The highest BCUT2D eigenvalue weighted by atomic mass is 79.9. The number of alkyl halides is 3. The molecule has 1 heterocycles. The lowest BCUT2D eigenvalue weighted by molar-refractivity contribution is -0.152. The highest BCUT2D eigenvalue weighted by Gasteiger charge is 2.33. The van der Waals surface area contributed by atoms with Gasteiger partial charge in [-0.3, -0.25) is 9.80 Å². The number of aryl methyl sites for hydroxylation is 2. The Bertz CT molecular complexity index is 1030. The molecule has 1 N–H and O–H groups in total. The SMILES string of the molecule is Cc1cc(CN2CCN(Cc3ccc(C(F)(F)F)c(Br)c3)CC2)cc(C)c1OC(C)(C)C(=O)O. The number of hydrogen-bond donors (Lipinski definition) is 1. The van der Waals surface area contributed by atoms with Gasteiger partial charge in [-0.15, -0.1) is 0 Å². The summed E-state index contributed by atoms with van der Waals surface area (Å²) in [4.78, 5) is 16.0. The summed E-state index contributed by atoms with van der Waals surface area (Å²) in [6.07, 6.45) is -4.36. The Morgan fingerprint density at radius 1 is 0.971 bits per heavy atom. The van der Waals surface area contributed by atoms with Crippen molar-refractivity contribution in [2.75, 3.05) is 26.2 Å². The molecule has 0 amide bonds. The van der Waals surface area contributed by atoms with Gasteiger partial charge >= 0.3 is 12.1 Å². The Kier molecular flexibility index (Phi) is 7.99. The lowest BCUT2D eigenvalue weighted by atomic mass is 10.0. The zero-order valence-corrected chi connectivity index (χ0v) is 21.4. The quantitative estimate of drug-likeness (QED) is 0.490. The fourth-order valence-electron chi connectivity index (χ4n) is 4.10. The molecule has 5 nitrogen and oxygen atoms in total. The highest BCUT2D eigenvalue weighted by molar-refractivity contribution is 9.10. The van der Waals surface area contributed by atoms with Crippen LogP contribution in [0.4, 0.5) is 13.2 Å².